The predicted octanol–water partition coefficient (Wildman–Crippen LogP) is 5.05. The van der Waals surface area contributed by atoms with E-state index in [4.69, 9.17) is 20.9 Å². The first kappa shape index (κ1) is 45.9. The van der Waals surface area contributed by atoms with E-state index < -0.39 is 52.9 Å². The lowest BCUT2D eigenvalue weighted by Crippen LogP contribution is -2.54. The standard InChI is InChI=1S/C52H49F2N9O8/c1-3-34-39(53)11-7-29-18-33(64)19-37(42(29)34)44-43(54)45-38(21-56-44)46(61-23-30-8-9-31(24-61)57-30)60-50(59-45)71-26-52-15-14-32(62(52)22-27(2)20-52)25-70-51(69)55-16-4-5-28-6-10-35-36(17-28)49(68)63(48(35)67)40-12-13-41(65)58-47(40)66/h1,6-7,10-11,17-19,21,30-32,40,57,64H,2,4-5,8-9,12-16,20,22-26H2,(H,55,69)(H,58,65,66)/t30?,31?,32-,40?,52-/m0/s1. The minimum absolute atomic E-state index is 0.0348. The van der Waals surface area contributed by atoms with Gasteiger partial charge in [0.15, 0.2) is 5.82 Å². The van der Waals surface area contributed by atoms with Crippen molar-refractivity contribution in [3.63, 3.8) is 0 Å². The first-order valence-electron chi connectivity index (χ1n) is 23.9. The summed E-state index contributed by atoms with van der Waals surface area (Å²) in [6.07, 6.45) is 11.8. The number of hydrogen-bond donors (Lipinski definition) is 4. The molecule has 5 saturated heterocycles. The number of terminal acetylenes is 1. The monoisotopic (exact) mass is 965 g/mol. The Morgan fingerprint density at radius 3 is 2.59 bits per heavy atom. The predicted molar refractivity (Wildman–Crippen MR) is 254 cm³/mol. The average molecular weight is 966 g/mol. The Labute approximate surface area is 406 Å². The number of nitrogens with one attached hydrogen (secondary N) is 3. The third-order valence-electron chi connectivity index (χ3n) is 14.9. The molecule has 0 aliphatic carbocycles. The highest BCUT2D eigenvalue weighted by Crippen LogP contribution is 2.45. The van der Waals surface area contributed by atoms with Crippen molar-refractivity contribution in [1.29, 1.82) is 0 Å². The Morgan fingerprint density at radius 2 is 1.80 bits per heavy atom. The number of piperidine rings is 1. The van der Waals surface area contributed by atoms with E-state index in [1.165, 1.54) is 30.5 Å². The van der Waals surface area contributed by atoms with Crippen LogP contribution in [0.15, 0.2) is 60.8 Å². The molecule has 71 heavy (non-hydrogen) atoms. The number of aromatic nitrogens is 3. The summed E-state index contributed by atoms with van der Waals surface area (Å²) in [6.45, 7) is 6.67. The number of alkyl carbamates (subject to hydrolysis) is 1. The number of piperazine rings is 1. The van der Waals surface area contributed by atoms with Crippen LogP contribution in [0.5, 0.6) is 11.8 Å². The number of anilines is 1. The van der Waals surface area contributed by atoms with Crippen molar-refractivity contribution in [2.45, 2.75) is 87.5 Å². The largest absolute Gasteiger partial charge is 0.508 e. The second-order valence-corrected chi connectivity index (χ2v) is 19.4. The smallest absolute Gasteiger partial charge is 0.407 e. The lowest BCUT2D eigenvalue weighted by molar-refractivity contribution is -0.136. The van der Waals surface area contributed by atoms with Crippen LogP contribution in [0, 0.1) is 24.0 Å². The van der Waals surface area contributed by atoms with Crippen LogP contribution in [-0.4, -0.2) is 129 Å². The summed E-state index contributed by atoms with van der Waals surface area (Å²) < 4.78 is 44.5. The first-order valence-corrected chi connectivity index (χ1v) is 23.9. The molecule has 0 spiro atoms. The van der Waals surface area contributed by atoms with Crippen LogP contribution in [0.3, 0.4) is 0 Å². The maximum absolute atomic E-state index is 17.2. The average Bonchev–Trinajstić information content (AvgIpc) is 4.05. The molecule has 0 saturated carbocycles. The highest BCUT2D eigenvalue weighted by molar-refractivity contribution is 6.23. The van der Waals surface area contributed by atoms with Gasteiger partial charge in [-0.3, -0.25) is 39.3 Å². The van der Waals surface area contributed by atoms with Crippen LogP contribution >= 0.6 is 0 Å². The molecule has 5 fully saturated rings. The van der Waals surface area contributed by atoms with Gasteiger partial charge in [0, 0.05) is 67.9 Å². The number of carbonyl (C=O) groups excluding carboxylic acids is 5. The molecular formula is C52H49F2N9O8. The van der Waals surface area contributed by atoms with Gasteiger partial charge in [-0.2, -0.15) is 9.97 Å². The molecule has 2 aromatic heterocycles. The number of benzene rings is 3. The fourth-order valence-corrected chi connectivity index (χ4v) is 11.6. The summed E-state index contributed by atoms with van der Waals surface area (Å²) in [6, 6.07) is 9.59. The zero-order valence-electron chi connectivity index (χ0n) is 38.6. The Balaban J connectivity index is 0.760. The van der Waals surface area contributed by atoms with E-state index >= 15 is 8.78 Å². The molecule has 6 aliphatic heterocycles. The van der Waals surface area contributed by atoms with E-state index in [1.807, 2.05) is 0 Å². The first-order chi connectivity index (χ1) is 34.3. The van der Waals surface area contributed by atoms with Gasteiger partial charge in [-0.1, -0.05) is 30.2 Å². The van der Waals surface area contributed by atoms with Crippen molar-refractivity contribution in [2.24, 2.45) is 0 Å². The van der Waals surface area contributed by atoms with Gasteiger partial charge in [0.2, 0.25) is 11.8 Å². The molecule has 5 aromatic rings. The topological polar surface area (TPSA) is 209 Å². The van der Waals surface area contributed by atoms with Crippen molar-refractivity contribution in [2.75, 3.05) is 44.3 Å². The summed E-state index contributed by atoms with van der Waals surface area (Å²) >= 11 is 0. The van der Waals surface area contributed by atoms with Crippen molar-refractivity contribution in [3.05, 3.63) is 94.7 Å². The minimum Gasteiger partial charge on any atom is -0.508 e. The number of hydrogen-bond acceptors (Lipinski definition) is 14. The molecule has 364 valence electrons. The second-order valence-electron chi connectivity index (χ2n) is 19.4. The van der Waals surface area contributed by atoms with E-state index in [2.05, 4.69) is 48.2 Å². The van der Waals surface area contributed by atoms with E-state index in [-0.39, 0.29) is 101 Å². The van der Waals surface area contributed by atoms with E-state index in [0.29, 0.717) is 68.3 Å². The number of halogens is 2. The molecular weight excluding hydrogens is 917 g/mol. The zero-order chi connectivity index (χ0) is 49.3. The summed E-state index contributed by atoms with van der Waals surface area (Å²) in [4.78, 5) is 82.8. The van der Waals surface area contributed by atoms with Gasteiger partial charge in [0.25, 0.3) is 11.8 Å². The number of fused-ring (bicyclic) bond motifs is 6. The van der Waals surface area contributed by atoms with E-state index in [0.717, 1.165) is 28.9 Å². The van der Waals surface area contributed by atoms with Crippen molar-refractivity contribution in [3.8, 4) is 35.4 Å². The molecule has 6 aliphatic rings. The van der Waals surface area contributed by atoms with Crippen LogP contribution in [0.25, 0.3) is 32.9 Å². The Kier molecular flexibility index (Phi) is 11.6. The number of amides is 5. The number of carbonyl (C=O) groups is 5. The van der Waals surface area contributed by atoms with Crippen LogP contribution in [-0.2, 0) is 20.7 Å². The number of aromatic hydroxyl groups is 1. The van der Waals surface area contributed by atoms with Crippen molar-refractivity contribution >= 4 is 57.2 Å². The molecule has 4 N–H and O–H groups in total. The van der Waals surface area contributed by atoms with Crippen LogP contribution < -0.4 is 25.6 Å². The summed E-state index contributed by atoms with van der Waals surface area (Å²) in [5.74, 6) is -1.06. The van der Waals surface area contributed by atoms with Crippen LogP contribution in [0.4, 0.5) is 19.4 Å². The molecule has 5 amide bonds. The normalized spacial score (nSPS) is 23.9. The second kappa shape index (κ2) is 18.0. The van der Waals surface area contributed by atoms with Gasteiger partial charge < -0.3 is 30.1 Å². The number of nitrogens with zero attached hydrogens (tertiary/aromatic N) is 6. The summed E-state index contributed by atoms with van der Waals surface area (Å²) in [5.41, 5.74) is 1.44. The fourth-order valence-electron chi connectivity index (χ4n) is 11.6. The lowest BCUT2D eigenvalue weighted by atomic mass is 9.94. The third-order valence-corrected chi connectivity index (χ3v) is 14.9. The summed E-state index contributed by atoms with van der Waals surface area (Å²) in [7, 11) is 0. The van der Waals surface area contributed by atoms with Crippen LogP contribution in [0.1, 0.15) is 83.2 Å². The number of ether oxygens (including phenoxy) is 2. The maximum atomic E-state index is 17.2. The van der Waals surface area contributed by atoms with E-state index in [9.17, 15) is 29.1 Å². The highest BCUT2D eigenvalue weighted by atomic mass is 19.1. The molecule has 8 heterocycles. The number of phenols is 1. The molecule has 0 radical (unpaired) electrons. The molecule has 11 rings (SSSR count). The molecule has 5 atom stereocenters. The highest BCUT2D eigenvalue weighted by Gasteiger charge is 2.52. The Morgan fingerprint density at radius 1 is 1.00 bits per heavy atom. The Hall–Kier alpha value is -7.56. The molecule has 2 bridgehead atoms. The number of imide groups is 2. The number of aryl methyl sites for hydroxylation is 1. The summed E-state index contributed by atoms with van der Waals surface area (Å²) in [5, 5.41) is 20.3. The van der Waals surface area contributed by atoms with Gasteiger partial charge in [-0.25, -0.2) is 13.6 Å². The van der Waals surface area contributed by atoms with Crippen molar-refractivity contribution < 1.29 is 47.3 Å². The lowest BCUT2D eigenvalue weighted by Gasteiger charge is -2.35. The Bertz CT molecular complexity index is 3170. The molecule has 3 aromatic carbocycles. The quantitative estimate of drug-likeness (QED) is 0.0559. The minimum atomic E-state index is -1.05. The fraction of sp³-hybridized carbons (Fsp3) is 0.385. The third kappa shape index (κ3) is 8.23. The molecule has 3 unspecified atom stereocenters. The number of phenolic OH excluding ortho intramolecular Hbond substituents is 1. The number of pyridine rings is 1. The zero-order valence-corrected chi connectivity index (χ0v) is 38.6. The van der Waals surface area contributed by atoms with Crippen molar-refractivity contribution in [1.82, 2.24) is 40.7 Å². The number of rotatable bonds is 12. The molecule has 17 nitrogen and oxygen atoms in total. The maximum Gasteiger partial charge on any atom is 0.407 e. The van der Waals surface area contributed by atoms with Crippen LogP contribution in [0.2, 0.25) is 0 Å². The van der Waals surface area contributed by atoms with Gasteiger partial charge in [-0.15, -0.1) is 6.42 Å². The SMILES string of the molecule is C#Cc1c(F)ccc2cc(O)cc(-c3ncc4c(N5CC6CCC(C5)N6)nc(OC[C@@]56CC[C@@H](COC(=O)NCCCc7ccc8c(c7)C(=O)N(C7CCC(=O)NC7=O)C8=O)N5CC(=C)C6)nc4c3F)c12. The van der Waals surface area contributed by atoms with Gasteiger partial charge in [-0.05, 0) is 92.6 Å². The molecule has 19 heteroatoms. The van der Waals surface area contributed by atoms with Gasteiger partial charge in [0.05, 0.1) is 27.6 Å². The van der Waals surface area contributed by atoms with Gasteiger partial charge in [0.1, 0.15) is 47.9 Å². The van der Waals surface area contributed by atoms with Gasteiger partial charge >= 0.3 is 12.1 Å². The van der Waals surface area contributed by atoms with E-state index in [1.54, 1.807) is 18.2 Å².